The lowest BCUT2D eigenvalue weighted by atomic mass is 10.1. The number of carboxylic acid groups (broad SMARTS) is 1. The Morgan fingerprint density at radius 3 is 2.63 bits per heavy atom. The van der Waals surface area contributed by atoms with Crippen LogP contribution in [-0.2, 0) is 20.9 Å². The number of aliphatic carboxylic acids is 1. The van der Waals surface area contributed by atoms with E-state index in [1.165, 1.54) is 4.90 Å². The molecular weight excluding hydrogens is 250 g/mol. The van der Waals surface area contributed by atoms with Crippen molar-refractivity contribution in [1.29, 1.82) is 0 Å². The van der Waals surface area contributed by atoms with Crippen molar-refractivity contribution in [3.8, 4) is 0 Å². The summed E-state index contributed by atoms with van der Waals surface area (Å²) in [7, 11) is 1.67. The minimum Gasteiger partial charge on any atom is -0.479 e. The fourth-order valence-electron chi connectivity index (χ4n) is 2.16. The fourth-order valence-corrected chi connectivity index (χ4v) is 2.16. The van der Waals surface area contributed by atoms with E-state index < -0.39 is 18.2 Å². The molecule has 0 aliphatic carbocycles. The summed E-state index contributed by atoms with van der Waals surface area (Å²) in [5.74, 6) is -0.427. The SMILES string of the molecule is Cc1occc1CN(C)C(=O)C1CCC(C(=O)O)O1. The summed E-state index contributed by atoms with van der Waals surface area (Å²) in [4.78, 5) is 24.4. The standard InChI is InChI=1S/C13H17NO5/c1-8-9(5-6-18-8)7-14(2)12(15)10-3-4-11(19-10)13(16)17/h5-6,10-11H,3-4,7H2,1-2H3,(H,16,17). The van der Waals surface area contributed by atoms with Crippen molar-refractivity contribution in [2.45, 2.75) is 38.5 Å². The van der Waals surface area contributed by atoms with Crippen molar-refractivity contribution in [2.75, 3.05) is 7.05 Å². The number of amides is 1. The highest BCUT2D eigenvalue weighted by Gasteiger charge is 2.36. The minimum absolute atomic E-state index is 0.190. The molecule has 1 fully saturated rings. The van der Waals surface area contributed by atoms with Gasteiger partial charge in [-0.25, -0.2) is 4.79 Å². The third-order valence-electron chi connectivity index (χ3n) is 3.32. The van der Waals surface area contributed by atoms with Gasteiger partial charge in [-0.05, 0) is 25.8 Å². The van der Waals surface area contributed by atoms with Crippen LogP contribution in [0.2, 0.25) is 0 Å². The molecule has 2 unspecified atom stereocenters. The lowest BCUT2D eigenvalue weighted by molar-refractivity contribution is -0.154. The minimum atomic E-state index is -1.01. The molecule has 1 amide bonds. The Hall–Kier alpha value is -1.82. The number of aryl methyl sites for hydroxylation is 1. The van der Waals surface area contributed by atoms with Crippen LogP contribution in [0.5, 0.6) is 0 Å². The molecule has 1 aliphatic heterocycles. The first kappa shape index (κ1) is 13.6. The molecule has 2 heterocycles. The Morgan fingerprint density at radius 1 is 1.42 bits per heavy atom. The van der Waals surface area contributed by atoms with Crippen LogP contribution in [0.4, 0.5) is 0 Å². The Balaban J connectivity index is 1.93. The van der Waals surface area contributed by atoms with Crippen LogP contribution in [-0.4, -0.2) is 41.1 Å². The predicted molar refractivity (Wildman–Crippen MR) is 65.4 cm³/mol. The molecule has 19 heavy (non-hydrogen) atoms. The van der Waals surface area contributed by atoms with Crippen molar-refractivity contribution in [1.82, 2.24) is 4.90 Å². The highest BCUT2D eigenvalue weighted by molar-refractivity contribution is 5.82. The summed E-state index contributed by atoms with van der Waals surface area (Å²) in [5, 5.41) is 8.83. The van der Waals surface area contributed by atoms with Gasteiger partial charge in [0, 0.05) is 19.2 Å². The maximum Gasteiger partial charge on any atom is 0.332 e. The first-order chi connectivity index (χ1) is 8.99. The zero-order valence-electron chi connectivity index (χ0n) is 11.0. The normalized spacial score (nSPS) is 22.4. The molecule has 0 spiro atoms. The molecular formula is C13H17NO5. The van der Waals surface area contributed by atoms with E-state index in [9.17, 15) is 9.59 Å². The Labute approximate surface area is 110 Å². The molecule has 0 radical (unpaired) electrons. The van der Waals surface area contributed by atoms with Gasteiger partial charge >= 0.3 is 5.97 Å². The van der Waals surface area contributed by atoms with Gasteiger partial charge in [-0.3, -0.25) is 4.79 Å². The van der Waals surface area contributed by atoms with Gasteiger partial charge in [0.1, 0.15) is 11.9 Å². The largest absolute Gasteiger partial charge is 0.479 e. The summed E-state index contributed by atoms with van der Waals surface area (Å²) < 4.78 is 10.4. The molecule has 2 rings (SSSR count). The number of carboxylic acids is 1. The van der Waals surface area contributed by atoms with Crippen molar-refractivity contribution >= 4 is 11.9 Å². The number of nitrogens with zero attached hydrogens (tertiary/aromatic N) is 1. The molecule has 1 aromatic heterocycles. The van der Waals surface area contributed by atoms with Crippen LogP contribution < -0.4 is 0 Å². The zero-order chi connectivity index (χ0) is 14.0. The number of ether oxygens (including phenoxy) is 1. The number of carbonyl (C=O) groups excluding carboxylic acids is 1. The Kier molecular flexibility index (Phi) is 3.90. The van der Waals surface area contributed by atoms with Crippen molar-refractivity contribution in [3.05, 3.63) is 23.7 Å². The van der Waals surface area contributed by atoms with Crippen LogP contribution in [0.15, 0.2) is 16.7 Å². The molecule has 0 aromatic carbocycles. The molecule has 1 saturated heterocycles. The van der Waals surface area contributed by atoms with Crippen LogP contribution in [0.25, 0.3) is 0 Å². The first-order valence-corrected chi connectivity index (χ1v) is 6.15. The van der Waals surface area contributed by atoms with E-state index in [0.717, 1.165) is 11.3 Å². The molecule has 0 saturated carbocycles. The van der Waals surface area contributed by atoms with Crippen LogP contribution in [0.1, 0.15) is 24.2 Å². The first-order valence-electron chi connectivity index (χ1n) is 6.15. The number of carbonyl (C=O) groups is 2. The molecule has 1 N–H and O–H groups in total. The van der Waals surface area contributed by atoms with Crippen LogP contribution in [0, 0.1) is 6.92 Å². The highest BCUT2D eigenvalue weighted by atomic mass is 16.5. The van der Waals surface area contributed by atoms with E-state index in [4.69, 9.17) is 14.3 Å². The van der Waals surface area contributed by atoms with Crippen LogP contribution >= 0.6 is 0 Å². The van der Waals surface area contributed by atoms with Crippen molar-refractivity contribution in [3.63, 3.8) is 0 Å². The lowest BCUT2D eigenvalue weighted by Crippen LogP contribution is -2.36. The quantitative estimate of drug-likeness (QED) is 0.886. The average molecular weight is 267 g/mol. The molecule has 1 aromatic rings. The molecule has 2 atom stereocenters. The van der Waals surface area contributed by atoms with E-state index >= 15 is 0 Å². The number of likely N-dealkylation sites (N-methyl/N-ethyl adjacent to an activating group) is 1. The van der Waals surface area contributed by atoms with E-state index in [2.05, 4.69) is 0 Å². The summed E-state index contributed by atoms with van der Waals surface area (Å²) in [6.45, 7) is 2.26. The van der Waals surface area contributed by atoms with Crippen molar-refractivity contribution in [2.24, 2.45) is 0 Å². The fraction of sp³-hybridized carbons (Fsp3) is 0.538. The van der Waals surface area contributed by atoms with E-state index in [1.807, 2.05) is 13.0 Å². The Morgan fingerprint density at radius 2 is 2.11 bits per heavy atom. The molecule has 0 bridgehead atoms. The maximum absolute atomic E-state index is 12.1. The third-order valence-corrected chi connectivity index (χ3v) is 3.32. The monoisotopic (exact) mass is 267 g/mol. The van der Waals surface area contributed by atoms with Crippen molar-refractivity contribution < 1.29 is 23.8 Å². The number of rotatable bonds is 4. The van der Waals surface area contributed by atoms with Gasteiger partial charge in [0.2, 0.25) is 0 Å². The second kappa shape index (κ2) is 5.44. The Bertz CT molecular complexity index is 481. The van der Waals surface area contributed by atoms with Gasteiger partial charge in [-0.1, -0.05) is 0 Å². The van der Waals surface area contributed by atoms with Crippen LogP contribution in [0.3, 0.4) is 0 Å². The van der Waals surface area contributed by atoms with Gasteiger partial charge in [-0.2, -0.15) is 0 Å². The molecule has 6 heteroatoms. The predicted octanol–water partition coefficient (Wildman–Crippen LogP) is 1.18. The second-order valence-corrected chi connectivity index (χ2v) is 4.73. The summed E-state index contributed by atoms with van der Waals surface area (Å²) in [6, 6.07) is 1.81. The third kappa shape index (κ3) is 2.96. The van der Waals surface area contributed by atoms with Gasteiger partial charge in [0.05, 0.1) is 6.26 Å². The molecule has 6 nitrogen and oxygen atoms in total. The number of furan rings is 1. The summed E-state index contributed by atoms with van der Waals surface area (Å²) in [5.41, 5.74) is 0.934. The summed E-state index contributed by atoms with van der Waals surface area (Å²) in [6.07, 6.45) is 0.890. The summed E-state index contributed by atoms with van der Waals surface area (Å²) >= 11 is 0. The molecule has 104 valence electrons. The van der Waals surface area contributed by atoms with E-state index in [-0.39, 0.29) is 5.91 Å². The topological polar surface area (TPSA) is 80.0 Å². The lowest BCUT2D eigenvalue weighted by Gasteiger charge is -2.20. The highest BCUT2D eigenvalue weighted by Crippen LogP contribution is 2.22. The van der Waals surface area contributed by atoms with E-state index in [1.54, 1.807) is 13.3 Å². The average Bonchev–Trinajstić information content (AvgIpc) is 2.98. The smallest absolute Gasteiger partial charge is 0.332 e. The number of hydrogen-bond acceptors (Lipinski definition) is 4. The zero-order valence-corrected chi connectivity index (χ0v) is 11.0. The van der Waals surface area contributed by atoms with E-state index in [0.29, 0.717) is 19.4 Å². The molecule has 1 aliphatic rings. The number of hydrogen-bond donors (Lipinski definition) is 1. The van der Waals surface area contributed by atoms with Gasteiger partial charge in [0.15, 0.2) is 6.10 Å². The second-order valence-electron chi connectivity index (χ2n) is 4.73. The maximum atomic E-state index is 12.1. The van der Waals surface area contributed by atoms with Gasteiger partial charge < -0.3 is 19.2 Å². The van der Waals surface area contributed by atoms with Gasteiger partial charge in [0.25, 0.3) is 5.91 Å². The van der Waals surface area contributed by atoms with Gasteiger partial charge in [-0.15, -0.1) is 0 Å².